The molecule has 104 valence electrons. The van der Waals surface area contributed by atoms with Crippen molar-refractivity contribution >= 4 is 11.8 Å². The molecule has 0 rings (SSSR count). The van der Waals surface area contributed by atoms with Crippen LogP contribution in [0.25, 0.3) is 0 Å². The maximum Gasteiger partial charge on any atom is 0.345 e. The summed E-state index contributed by atoms with van der Waals surface area (Å²) in [7, 11) is 0. The Morgan fingerprint density at radius 3 is 2.50 bits per heavy atom. The van der Waals surface area contributed by atoms with Crippen molar-refractivity contribution in [2.45, 2.75) is 33.1 Å². The Hall–Kier alpha value is -1.56. The van der Waals surface area contributed by atoms with Crippen molar-refractivity contribution < 1.29 is 19.7 Å². The molecule has 0 saturated carbocycles. The second-order valence-electron chi connectivity index (χ2n) is 3.70. The van der Waals surface area contributed by atoms with Gasteiger partial charge in [-0.1, -0.05) is 13.8 Å². The van der Waals surface area contributed by atoms with Crippen LogP contribution in [0.4, 0.5) is 0 Å². The average Bonchev–Trinajstić information content (AvgIpc) is 2.34. The molecule has 0 aliphatic carbocycles. The molecular formula is C12H22N2O4. The molecule has 4 N–H and O–H groups in total. The largest absolute Gasteiger partial charge is 0.511 e. The fourth-order valence-corrected chi connectivity index (χ4v) is 1.25. The normalized spacial score (nSPS) is 13.2. The van der Waals surface area contributed by atoms with Crippen LogP contribution in [0, 0.1) is 0 Å². The van der Waals surface area contributed by atoms with Gasteiger partial charge in [-0.05, 0) is 12.8 Å². The lowest BCUT2D eigenvalue weighted by Crippen LogP contribution is -2.26. The summed E-state index contributed by atoms with van der Waals surface area (Å²) in [5.41, 5.74) is 5.53. The molecule has 0 fully saturated rings. The van der Waals surface area contributed by atoms with E-state index in [1.807, 2.05) is 13.8 Å². The van der Waals surface area contributed by atoms with E-state index in [2.05, 4.69) is 4.99 Å². The second kappa shape index (κ2) is 9.47. The van der Waals surface area contributed by atoms with Crippen molar-refractivity contribution in [2.75, 3.05) is 19.8 Å². The zero-order valence-electron chi connectivity index (χ0n) is 11.0. The number of esters is 1. The molecule has 0 atom stereocenters. The number of allylic oxidation sites excluding steroid dienone is 1. The standard InChI is InChI=1S/C12H22N2O4/c1-3-5-9(16)10(11(13)14-6-7-15)12(17)18-8-4-2/h15-16H,3-8H2,1-2H3,(H2,13,14)/b10-9+. The van der Waals surface area contributed by atoms with E-state index in [1.54, 1.807) is 0 Å². The van der Waals surface area contributed by atoms with Gasteiger partial charge in [0.15, 0.2) is 0 Å². The number of amidine groups is 1. The van der Waals surface area contributed by atoms with E-state index < -0.39 is 5.97 Å². The van der Waals surface area contributed by atoms with E-state index in [1.165, 1.54) is 0 Å². The minimum absolute atomic E-state index is 0.0792. The highest BCUT2D eigenvalue weighted by molar-refractivity contribution is 6.18. The highest BCUT2D eigenvalue weighted by Crippen LogP contribution is 2.11. The highest BCUT2D eigenvalue weighted by Gasteiger charge is 2.20. The van der Waals surface area contributed by atoms with E-state index in [0.717, 1.165) is 0 Å². The molecule has 0 amide bonds. The van der Waals surface area contributed by atoms with Crippen LogP contribution in [0.3, 0.4) is 0 Å². The Bertz CT molecular complexity index is 324. The van der Waals surface area contributed by atoms with E-state index in [4.69, 9.17) is 15.6 Å². The Kier molecular flexibility index (Phi) is 8.65. The van der Waals surface area contributed by atoms with Gasteiger partial charge in [0.1, 0.15) is 17.2 Å². The van der Waals surface area contributed by atoms with Crippen molar-refractivity contribution in [3.63, 3.8) is 0 Å². The van der Waals surface area contributed by atoms with Crippen molar-refractivity contribution in [3.8, 4) is 0 Å². The van der Waals surface area contributed by atoms with Gasteiger partial charge >= 0.3 is 5.97 Å². The molecule has 0 saturated heterocycles. The summed E-state index contributed by atoms with van der Waals surface area (Å²) in [4.78, 5) is 15.6. The maximum absolute atomic E-state index is 11.8. The molecule has 0 spiro atoms. The summed E-state index contributed by atoms with van der Waals surface area (Å²) in [5.74, 6) is -0.907. The molecule has 0 aromatic rings. The van der Waals surface area contributed by atoms with E-state index >= 15 is 0 Å². The zero-order valence-corrected chi connectivity index (χ0v) is 11.0. The third-order valence-corrected chi connectivity index (χ3v) is 2.06. The molecule has 0 unspecified atom stereocenters. The fraction of sp³-hybridized carbons (Fsp3) is 0.667. The maximum atomic E-state index is 11.8. The average molecular weight is 258 g/mol. The summed E-state index contributed by atoms with van der Waals surface area (Å²) in [5, 5.41) is 18.5. The first-order valence-electron chi connectivity index (χ1n) is 6.08. The summed E-state index contributed by atoms with van der Waals surface area (Å²) < 4.78 is 4.94. The smallest absolute Gasteiger partial charge is 0.345 e. The van der Waals surface area contributed by atoms with Gasteiger partial charge in [0.2, 0.25) is 0 Å². The summed E-state index contributed by atoms with van der Waals surface area (Å²) in [6.07, 6.45) is 1.68. The van der Waals surface area contributed by atoms with Gasteiger partial charge in [-0.25, -0.2) is 4.79 Å². The molecular weight excluding hydrogens is 236 g/mol. The predicted molar refractivity (Wildman–Crippen MR) is 69.4 cm³/mol. The molecule has 0 aromatic heterocycles. The van der Waals surface area contributed by atoms with Gasteiger partial charge < -0.3 is 20.7 Å². The molecule has 0 bridgehead atoms. The van der Waals surface area contributed by atoms with Gasteiger partial charge in [-0.2, -0.15) is 0 Å². The molecule has 6 nitrogen and oxygen atoms in total. The fourth-order valence-electron chi connectivity index (χ4n) is 1.25. The topological polar surface area (TPSA) is 105 Å². The third kappa shape index (κ3) is 5.67. The Morgan fingerprint density at radius 2 is 2.00 bits per heavy atom. The van der Waals surface area contributed by atoms with Gasteiger partial charge in [0.05, 0.1) is 19.8 Å². The van der Waals surface area contributed by atoms with Crippen LogP contribution in [-0.4, -0.2) is 41.8 Å². The predicted octanol–water partition coefficient (Wildman–Crippen LogP) is 0.901. The summed E-state index contributed by atoms with van der Waals surface area (Å²) in [6.45, 7) is 3.90. The van der Waals surface area contributed by atoms with Gasteiger partial charge in [0.25, 0.3) is 0 Å². The Balaban J connectivity index is 5.05. The number of ether oxygens (including phenoxy) is 1. The molecule has 0 aromatic carbocycles. The Labute approximate surface area is 107 Å². The lowest BCUT2D eigenvalue weighted by Gasteiger charge is -2.10. The minimum atomic E-state index is -0.679. The summed E-state index contributed by atoms with van der Waals surface area (Å²) >= 11 is 0. The summed E-state index contributed by atoms with van der Waals surface area (Å²) in [6, 6.07) is 0. The first-order valence-corrected chi connectivity index (χ1v) is 6.08. The molecule has 0 aliphatic heterocycles. The molecule has 0 aliphatic rings. The monoisotopic (exact) mass is 258 g/mol. The number of rotatable bonds is 8. The van der Waals surface area contributed by atoms with E-state index in [0.29, 0.717) is 19.3 Å². The van der Waals surface area contributed by atoms with Crippen LogP contribution < -0.4 is 5.73 Å². The number of hydrogen-bond acceptors (Lipinski definition) is 5. The first kappa shape index (κ1) is 16.4. The van der Waals surface area contributed by atoms with Gasteiger partial charge in [-0.3, -0.25) is 4.99 Å². The lowest BCUT2D eigenvalue weighted by atomic mass is 10.1. The van der Waals surface area contributed by atoms with E-state index in [-0.39, 0.29) is 36.9 Å². The molecule has 0 radical (unpaired) electrons. The minimum Gasteiger partial charge on any atom is -0.511 e. The van der Waals surface area contributed by atoms with Crippen molar-refractivity contribution in [1.82, 2.24) is 0 Å². The van der Waals surface area contributed by atoms with Crippen molar-refractivity contribution in [3.05, 3.63) is 11.3 Å². The third-order valence-electron chi connectivity index (χ3n) is 2.06. The number of aliphatic hydroxyl groups is 2. The first-order chi connectivity index (χ1) is 8.58. The molecule has 6 heteroatoms. The van der Waals surface area contributed by atoms with Crippen LogP contribution in [0.2, 0.25) is 0 Å². The van der Waals surface area contributed by atoms with Crippen LogP contribution in [0.1, 0.15) is 33.1 Å². The van der Waals surface area contributed by atoms with Crippen LogP contribution in [0.5, 0.6) is 0 Å². The number of hydrogen-bond donors (Lipinski definition) is 3. The quantitative estimate of drug-likeness (QED) is 0.197. The van der Waals surface area contributed by atoms with Gasteiger partial charge in [0, 0.05) is 6.42 Å². The van der Waals surface area contributed by atoms with Crippen LogP contribution >= 0.6 is 0 Å². The molecule has 0 heterocycles. The molecule has 18 heavy (non-hydrogen) atoms. The number of nitrogens with zero attached hydrogens (tertiary/aromatic N) is 1. The van der Waals surface area contributed by atoms with E-state index in [9.17, 15) is 9.90 Å². The lowest BCUT2D eigenvalue weighted by molar-refractivity contribution is -0.138. The zero-order chi connectivity index (χ0) is 14.0. The number of carbonyl (C=O) groups is 1. The second-order valence-corrected chi connectivity index (χ2v) is 3.70. The number of nitrogens with two attached hydrogens (primary N) is 1. The highest BCUT2D eigenvalue weighted by atomic mass is 16.5. The van der Waals surface area contributed by atoms with Gasteiger partial charge in [-0.15, -0.1) is 0 Å². The van der Waals surface area contributed by atoms with Crippen molar-refractivity contribution in [1.29, 1.82) is 0 Å². The van der Waals surface area contributed by atoms with Crippen LogP contribution in [-0.2, 0) is 9.53 Å². The Morgan fingerprint density at radius 1 is 1.33 bits per heavy atom. The number of aliphatic imine (C=N–C) groups is 1. The van der Waals surface area contributed by atoms with Crippen molar-refractivity contribution in [2.24, 2.45) is 10.7 Å². The number of aliphatic hydroxyl groups excluding tert-OH is 2. The van der Waals surface area contributed by atoms with Crippen LogP contribution in [0.15, 0.2) is 16.3 Å². The number of carbonyl (C=O) groups excluding carboxylic acids is 1. The SMILES string of the molecule is CCCOC(=O)/C(C(N)=NCCO)=C(/O)CCC.